The monoisotopic (exact) mass is 532 g/mol. The Labute approximate surface area is 224 Å². The van der Waals surface area contributed by atoms with Gasteiger partial charge in [-0.15, -0.1) is 0 Å². The molecule has 0 spiro atoms. The molecule has 1 aromatic rings. The molecule has 0 aromatic heterocycles. The van der Waals surface area contributed by atoms with E-state index in [1.807, 2.05) is 44.2 Å². The Balaban J connectivity index is 2.21. The number of ether oxygens (including phenoxy) is 2. The van der Waals surface area contributed by atoms with Crippen molar-refractivity contribution in [1.29, 1.82) is 0 Å². The van der Waals surface area contributed by atoms with Crippen LogP contribution in [0, 0.1) is 5.92 Å². The van der Waals surface area contributed by atoms with Crippen LogP contribution in [-0.2, 0) is 35.1 Å². The molecule has 2 rings (SSSR count). The van der Waals surface area contributed by atoms with E-state index in [9.17, 15) is 24.0 Å². The zero-order valence-electron chi connectivity index (χ0n) is 23.0. The zero-order valence-corrected chi connectivity index (χ0v) is 23.0. The van der Waals surface area contributed by atoms with E-state index in [-0.39, 0.29) is 25.3 Å². The van der Waals surface area contributed by atoms with E-state index in [2.05, 4.69) is 16.0 Å². The maximum atomic E-state index is 13.4. The molecule has 4 atom stereocenters. The predicted octanol–water partition coefficient (Wildman–Crippen LogP) is 1.54. The second-order valence-corrected chi connectivity index (χ2v) is 10.8. The highest BCUT2D eigenvalue weighted by molar-refractivity contribution is 5.93. The highest BCUT2D eigenvalue weighted by Gasteiger charge is 2.42. The third kappa shape index (κ3) is 9.35. The maximum absolute atomic E-state index is 13.4. The number of hydrogen-bond acceptors (Lipinski definition) is 7. The van der Waals surface area contributed by atoms with Gasteiger partial charge in [0.2, 0.25) is 18.2 Å². The number of nitrogens with one attached hydrogen (secondary N) is 3. The summed E-state index contributed by atoms with van der Waals surface area (Å²) in [7, 11) is 1.25. The number of amides is 4. The summed E-state index contributed by atoms with van der Waals surface area (Å²) < 4.78 is 10.3. The maximum Gasteiger partial charge on any atom is 0.411 e. The van der Waals surface area contributed by atoms with Crippen molar-refractivity contribution in [2.24, 2.45) is 5.92 Å². The molecule has 0 radical (unpaired) electrons. The van der Waals surface area contributed by atoms with Gasteiger partial charge in [0, 0.05) is 19.0 Å². The van der Waals surface area contributed by atoms with Gasteiger partial charge < -0.3 is 25.4 Å². The Bertz CT molecular complexity index is 977. The van der Waals surface area contributed by atoms with Crippen LogP contribution in [0.1, 0.15) is 53.0 Å². The average molecular weight is 533 g/mol. The number of benzene rings is 1. The van der Waals surface area contributed by atoms with Gasteiger partial charge >= 0.3 is 12.1 Å². The van der Waals surface area contributed by atoms with Gasteiger partial charge in [0.1, 0.15) is 23.7 Å². The van der Waals surface area contributed by atoms with Crippen molar-refractivity contribution in [3.05, 3.63) is 35.9 Å². The van der Waals surface area contributed by atoms with Crippen molar-refractivity contribution < 1.29 is 33.4 Å². The molecule has 0 unspecified atom stereocenters. The van der Waals surface area contributed by atoms with Gasteiger partial charge in [0.15, 0.2) is 0 Å². The van der Waals surface area contributed by atoms with E-state index < -0.39 is 53.6 Å². The van der Waals surface area contributed by atoms with Gasteiger partial charge in [-0.25, -0.2) is 9.59 Å². The fraction of sp³-hybridized carbons (Fsp3) is 0.593. The highest BCUT2D eigenvalue weighted by atomic mass is 16.6. The molecule has 4 amide bonds. The Morgan fingerprint density at radius 2 is 1.74 bits per heavy atom. The van der Waals surface area contributed by atoms with Crippen LogP contribution in [0.3, 0.4) is 0 Å². The number of esters is 1. The van der Waals surface area contributed by atoms with E-state index in [4.69, 9.17) is 9.47 Å². The fourth-order valence-electron chi connectivity index (χ4n) is 4.25. The lowest BCUT2D eigenvalue weighted by molar-refractivity contribution is -0.145. The lowest BCUT2D eigenvalue weighted by Crippen LogP contribution is -2.56. The molecule has 1 saturated heterocycles. The second-order valence-electron chi connectivity index (χ2n) is 10.8. The number of carbonyl (C=O) groups is 5. The average Bonchev–Trinajstić information content (AvgIpc) is 3.26. The summed E-state index contributed by atoms with van der Waals surface area (Å²) in [5, 5.41) is 8.09. The molecule has 1 fully saturated rings. The SMILES string of the molecule is COC(=O)[C@H](Cc1ccccc1)NC(=O)[C@H](CC(C)C)NC(=O)[C@@H]1C[C@@H](NC=O)CN1C(=O)OC(C)(C)C. The van der Waals surface area contributed by atoms with E-state index in [1.54, 1.807) is 20.8 Å². The number of methoxy groups -OCH3 is 1. The molecule has 0 bridgehead atoms. The van der Waals surface area contributed by atoms with E-state index >= 15 is 0 Å². The van der Waals surface area contributed by atoms with Crippen molar-refractivity contribution in [2.45, 2.75) is 83.6 Å². The van der Waals surface area contributed by atoms with Gasteiger partial charge in [-0.05, 0) is 45.1 Å². The molecule has 3 N–H and O–H groups in total. The minimum absolute atomic E-state index is 0.0340. The number of likely N-dealkylation sites (tertiary alicyclic amines) is 1. The molecule has 1 aliphatic rings. The van der Waals surface area contributed by atoms with Crippen molar-refractivity contribution in [1.82, 2.24) is 20.9 Å². The quantitative estimate of drug-likeness (QED) is 0.290. The summed E-state index contributed by atoms with van der Waals surface area (Å²) >= 11 is 0. The molecular weight excluding hydrogens is 492 g/mol. The first-order valence-corrected chi connectivity index (χ1v) is 12.8. The number of rotatable bonds is 11. The first-order valence-electron chi connectivity index (χ1n) is 12.8. The molecule has 210 valence electrons. The van der Waals surface area contributed by atoms with Crippen molar-refractivity contribution in [3.63, 3.8) is 0 Å². The van der Waals surface area contributed by atoms with Crippen LogP contribution in [0.4, 0.5) is 4.79 Å². The van der Waals surface area contributed by atoms with E-state index in [0.29, 0.717) is 12.8 Å². The molecule has 1 aliphatic heterocycles. The highest BCUT2D eigenvalue weighted by Crippen LogP contribution is 2.22. The third-order valence-corrected chi connectivity index (χ3v) is 5.96. The Morgan fingerprint density at radius 3 is 2.29 bits per heavy atom. The Morgan fingerprint density at radius 1 is 1.08 bits per heavy atom. The minimum Gasteiger partial charge on any atom is -0.467 e. The summed E-state index contributed by atoms with van der Waals surface area (Å²) in [5.41, 5.74) is 0.0519. The van der Waals surface area contributed by atoms with Crippen molar-refractivity contribution >= 4 is 30.3 Å². The molecule has 11 heteroatoms. The van der Waals surface area contributed by atoms with E-state index in [1.165, 1.54) is 12.0 Å². The lowest BCUT2D eigenvalue weighted by atomic mass is 10.0. The molecule has 11 nitrogen and oxygen atoms in total. The van der Waals surface area contributed by atoms with Crippen LogP contribution in [0.15, 0.2) is 30.3 Å². The van der Waals surface area contributed by atoms with Crippen LogP contribution >= 0.6 is 0 Å². The Hall–Kier alpha value is -3.63. The first-order chi connectivity index (χ1) is 17.8. The normalized spacial score (nSPS) is 18.8. The van der Waals surface area contributed by atoms with Crippen molar-refractivity contribution in [2.75, 3.05) is 13.7 Å². The van der Waals surface area contributed by atoms with Crippen LogP contribution < -0.4 is 16.0 Å². The number of nitrogens with zero attached hydrogens (tertiary/aromatic N) is 1. The number of hydrogen-bond donors (Lipinski definition) is 3. The standard InChI is InChI=1S/C27H40N4O7/c1-17(2)12-20(23(33)30-21(25(35)37-6)13-18-10-8-7-9-11-18)29-24(34)22-14-19(28-16-32)15-31(22)26(36)38-27(3,4)5/h7-11,16-17,19-22H,12-15H2,1-6H3,(H,28,32)(H,29,34)(H,30,33)/t19-,20+,21+,22+/m1/s1. The first kappa shape index (κ1) is 30.6. The minimum atomic E-state index is -0.969. The molecular formula is C27H40N4O7. The zero-order chi connectivity index (χ0) is 28.5. The largest absolute Gasteiger partial charge is 0.467 e. The molecule has 38 heavy (non-hydrogen) atoms. The van der Waals surface area contributed by atoms with E-state index in [0.717, 1.165) is 5.56 Å². The molecule has 0 saturated carbocycles. The summed E-state index contributed by atoms with van der Waals surface area (Å²) in [4.78, 5) is 64.2. The van der Waals surface area contributed by atoms with Crippen molar-refractivity contribution in [3.8, 4) is 0 Å². The fourth-order valence-corrected chi connectivity index (χ4v) is 4.25. The third-order valence-electron chi connectivity index (χ3n) is 5.96. The van der Waals surface area contributed by atoms with Gasteiger partial charge in [0.05, 0.1) is 7.11 Å². The summed E-state index contributed by atoms with van der Waals surface area (Å²) in [6.07, 6.45) is 0.513. The predicted molar refractivity (Wildman–Crippen MR) is 140 cm³/mol. The second kappa shape index (κ2) is 13.8. The summed E-state index contributed by atoms with van der Waals surface area (Å²) in [5.74, 6) is -1.66. The summed E-state index contributed by atoms with van der Waals surface area (Å²) in [6.45, 7) is 9.05. The topological polar surface area (TPSA) is 143 Å². The molecule has 1 aromatic carbocycles. The van der Waals surface area contributed by atoms with Crippen LogP contribution in [0.2, 0.25) is 0 Å². The van der Waals surface area contributed by atoms with Gasteiger partial charge in [-0.1, -0.05) is 44.2 Å². The lowest BCUT2D eigenvalue weighted by Gasteiger charge is -2.29. The van der Waals surface area contributed by atoms with Gasteiger partial charge in [-0.3, -0.25) is 19.3 Å². The van der Waals surface area contributed by atoms with Gasteiger partial charge in [-0.2, -0.15) is 0 Å². The van der Waals surface area contributed by atoms with Crippen LogP contribution in [0.25, 0.3) is 0 Å². The Kier molecular flexibility index (Phi) is 11.1. The summed E-state index contributed by atoms with van der Waals surface area (Å²) in [6, 6.07) is 5.87. The van der Waals surface area contributed by atoms with Crippen LogP contribution in [0.5, 0.6) is 0 Å². The smallest absolute Gasteiger partial charge is 0.411 e. The number of carbonyl (C=O) groups excluding carboxylic acids is 5. The van der Waals surface area contributed by atoms with Gasteiger partial charge in [0.25, 0.3) is 0 Å². The molecule has 0 aliphatic carbocycles. The molecule has 1 heterocycles. The van der Waals surface area contributed by atoms with Crippen LogP contribution in [-0.4, -0.2) is 78.6 Å².